The summed E-state index contributed by atoms with van der Waals surface area (Å²) in [5.74, 6) is -0.484. The minimum absolute atomic E-state index is 0.0876. The molecule has 0 aliphatic carbocycles. The van der Waals surface area contributed by atoms with Crippen LogP contribution < -0.4 is 10.3 Å². The van der Waals surface area contributed by atoms with Gasteiger partial charge in [-0.25, -0.2) is 9.78 Å². The summed E-state index contributed by atoms with van der Waals surface area (Å²) in [6.45, 7) is 2.67. The van der Waals surface area contributed by atoms with E-state index in [1.165, 1.54) is 29.1 Å². The number of benzene rings is 1. The van der Waals surface area contributed by atoms with Crippen LogP contribution in [0.5, 0.6) is 5.75 Å². The van der Waals surface area contributed by atoms with E-state index in [9.17, 15) is 9.59 Å². The zero-order valence-corrected chi connectivity index (χ0v) is 11.7. The van der Waals surface area contributed by atoms with E-state index < -0.39 is 5.97 Å². The highest BCUT2D eigenvalue weighted by atomic mass is 16.5. The van der Waals surface area contributed by atoms with Crippen molar-refractivity contribution in [2.45, 2.75) is 19.9 Å². The number of hydrogen-bond donors (Lipinski definition) is 1. The molecule has 6 heteroatoms. The van der Waals surface area contributed by atoms with Gasteiger partial charge in [0.05, 0.1) is 18.5 Å². The molecule has 0 atom stereocenters. The zero-order valence-electron chi connectivity index (χ0n) is 11.7. The van der Waals surface area contributed by atoms with Crippen molar-refractivity contribution in [3.05, 3.63) is 58.3 Å². The number of aromatic carboxylic acids is 1. The zero-order chi connectivity index (χ0) is 15.2. The summed E-state index contributed by atoms with van der Waals surface area (Å²) in [5, 5.41) is 8.88. The molecule has 1 heterocycles. The second kappa shape index (κ2) is 6.69. The molecule has 0 spiro atoms. The predicted molar refractivity (Wildman–Crippen MR) is 76.7 cm³/mol. The number of aryl methyl sites for hydroxylation is 2. The third-order valence-corrected chi connectivity index (χ3v) is 2.91. The maximum absolute atomic E-state index is 11.6. The van der Waals surface area contributed by atoms with E-state index in [1.807, 2.05) is 0 Å². The van der Waals surface area contributed by atoms with Gasteiger partial charge >= 0.3 is 5.97 Å². The van der Waals surface area contributed by atoms with E-state index in [0.29, 0.717) is 31.0 Å². The molecule has 1 aromatic carbocycles. The monoisotopic (exact) mass is 288 g/mol. The van der Waals surface area contributed by atoms with Gasteiger partial charge in [-0.05, 0) is 31.5 Å². The topological polar surface area (TPSA) is 81.4 Å². The highest BCUT2D eigenvalue weighted by Gasteiger charge is 2.04. The molecule has 0 saturated carbocycles. The van der Waals surface area contributed by atoms with Crippen molar-refractivity contribution in [2.24, 2.45) is 0 Å². The lowest BCUT2D eigenvalue weighted by atomic mass is 10.2. The van der Waals surface area contributed by atoms with Crippen molar-refractivity contribution in [1.82, 2.24) is 9.55 Å². The Hall–Kier alpha value is -2.63. The number of carboxylic acid groups (broad SMARTS) is 1. The number of ether oxygens (including phenoxy) is 1. The van der Waals surface area contributed by atoms with Gasteiger partial charge in [0.1, 0.15) is 5.75 Å². The van der Waals surface area contributed by atoms with Crippen LogP contribution in [-0.4, -0.2) is 27.2 Å². The Morgan fingerprint density at radius 2 is 2.19 bits per heavy atom. The number of carbonyl (C=O) groups is 1. The second-order valence-corrected chi connectivity index (χ2v) is 4.60. The van der Waals surface area contributed by atoms with Crippen molar-refractivity contribution < 1.29 is 14.6 Å². The smallest absolute Gasteiger partial charge is 0.335 e. The molecule has 2 rings (SSSR count). The van der Waals surface area contributed by atoms with Crippen LogP contribution in [0, 0.1) is 6.92 Å². The molecule has 21 heavy (non-hydrogen) atoms. The van der Waals surface area contributed by atoms with E-state index in [2.05, 4.69) is 4.98 Å². The van der Waals surface area contributed by atoms with E-state index in [4.69, 9.17) is 9.84 Å². The lowest BCUT2D eigenvalue weighted by Gasteiger charge is -2.08. The lowest BCUT2D eigenvalue weighted by Crippen LogP contribution is -2.21. The standard InChI is InChI=1S/C15H16N2O4/c1-11-8-14(18)17(10-16-11)6-3-7-21-13-5-2-4-12(9-13)15(19)20/h2,4-5,8-10H,3,6-7H2,1H3,(H,19,20). The summed E-state index contributed by atoms with van der Waals surface area (Å²) in [5.41, 5.74) is 0.791. The summed E-state index contributed by atoms with van der Waals surface area (Å²) in [6.07, 6.45) is 2.14. The maximum Gasteiger partial charge on any atom is 0.335 e. The number of nitrogens with zero attached hydrogens (tertiary/aromatic N) is 2. The van der Waals surface area contributed by atoms with Gasteiger partial charge in [-0.15, -0.1) is 0 Å². The van der Waals surface area contributed by atoms with Gasteiger partial charge in [0.25, 0.3) is 5.56 Å². The third kappa shape index (κ3) is 4.17. The summed E-state index contributed by atoms with van der Waals surface area (Å²) in [7, 11) is 0. The van der Waals surface area contributed by atoms with Crippen LogP contribution in [0.4, 0.5) is 0 Å². The summed E-state index contributed by atoms with van der Waals surface area (Å²) in [4.78, 5) is 26.5. The number of rotatable bonds is 6. The van der Waals surface area contributed by atoms with Crippen LogP contribution in [0.25, 0.3) is 0 Å². The van der Waals surface area contributed by atoms with E-state index >= 15 is 0 Å². The largest absolute Gasteiger partial charge is 0.494 e. The molecule has 0 bridgehead atoms. The Labute approximate surface area is 121 Å². The van der Waals surface area contributed by atoms with Gasteiger partial charge in [-0.1, -0.05) is 6.07 Å². The minimum Gasteiger partial charge on any atom is -0.494 e. The summed E-state index contributed by atoms with van der Waals surface area (Å²) >= 11 is 0. The quantitative estimate of drug-likeness (QED) is 0.818. The minimum atomic E-state index is -0.988. The fourth-order valence-corrected chi connectivity index (χ4v) is 1.83. The Morgan fingerprint density at radius 1 is 1.38 bits per heavy atom. The molecule has 0 aliphatic rings. The molecule has 110 valence electrons. The molecule has 6 nitrogen and oxygen atoms in total. The Morgan fingerprint density at radius 3 is 2.90 bits per heavy atom. The molecule has 2 aromatic rings. The highest BCUT2D eigenvalue weighted by molar-refractivity contribution is 5.87. The average Bonchev–Trinajstić information content (AvgIpc) is 2.45. The number of hydrogen-bond acceptors (Lipinski definition) is 4. The van der Waals surface area contributed by atoms with Gasteiger partial charge in [-0.3, -0.25) is 9.36 Å². The molecule has 0 fully saturated rings. The predicted octanol–water partition coefficient (Wildman–Crippen LogP) is 1.72. The van der Waals surface area contributed by atoms with E-state index in [-0.39, 0.29) is 11.1 Å². The van der Waals surface area contributed by atoms with Crippen LogP contribution >= 0.6 is 0 Å². The first-order valence-corrected chi connectivity index (χ1v) is 6.55. The van der Waals surface area contributed by atoms with Crippen molar-refractivity contribution in [1.29, 1.82) is 0 Å². The molecule has 1 aromatic heterocycles. The van der Waals surface area contributed by atoms with Crippen LogP contribution in [0.2, 0.25) is 0 Å². The Balaban J connectivity index is 1.86. The van der Waals surface area contributed by atoms with Crippen molar-refractivity contribution in [3.8, 4) is 5.75 Å². The molecule has 0 aliphatic heterocycles. The van der Waals surface area contributed by atoms with Gasteiger partial charge in [0, 0.05) is 18.3 Å². The molecule has 0 saturated heterocycles. The van der Waals surface area contributed by atoms with Crippen LogP contribution in [0.15, 0.2) is 41.5 Å². The number of aromatic nitrogens is 2. The Bertz CT molecular complexity index is 694. The molecule has 0 radical (unpaired) electrons. The first kappa shape index (κ1) is 14.8. The maximum atomic E-state index is 11.6. The van der Waals surface area contributed by atoms with E-state index in [0.717, 1.165) is 0 Å². The molecular weight excluding hydrogens is 272 g/mol. The summed E-state index contributed by atoms with van der Waals surface area (Å²) < 4.78 is 7.00. The fraction of sp³-hybridized carbons (Fsp3) is 0.267. The van der Waals surface area contributed by atoms with Crippen LogP contribution in [0.1, 0.15) is 22.5 Å². The van der Waals surface area contributed by atoms with Gasteiger partial charge in [-0.2, -0.15) is 0 Å². The molecule has 0 amide bonds. The molecule has 0 unspecified atom stereocenters. The third-order valence-electron chi connectivity index (χ3n) is 2.91. The van der Waals surface area contributed by atoms with E-state index in [1.54, 1.807) is 19.1 Å². The molecule has 1 N–H and O–H groups in total. The van der Waals surface area contributed by atoms with Crippen molar-refractivity contribution >= 4 is 5.97 Å². The second-order valence-electron chi connectivity index (χ2n) is 4.60. The van der Waals surface area contributed by atoms with Gasteiger partial charge in [0.15, 0.2) is 0 Å². The first-order valence-electron chi connectivity index (χ1n) is 6.55. The average molecular weight is 288 g/mol. The summed E-state index contributed by atoms with van der Waals surface area (Å²) in [6, 6.07) is 7.80. The normalized spacial score (nSPS) is 10.3. The van der Waals surface area contributed by atoms with Crippen LogP contribution in [-0.2, 0) is 6.54 Å². The molecular formula is C15H16N2O4. The fourth-order valence-electron chi connectivity index (χ4n) is 1.83. The van der Waals surface area contributed by atoms with Gasteiger partial charge in [0.2, 0.25) is 0 Å². The SMILES string of the molecule is Cc1cc(=O)n(CCCOc2cccc(C(=O)O)c2)cn1. The lowest BCUT2D eigenvalue weighted by molar-refractivity contribution is 0.0696. The van der Waals surface area contributed by atoms with Crippen molar-refractivity contribution in [2.75, 3.05) is 6.61 Å². The van der Waals surface area contributed by atoms with Gasteiger partial charge < -0.3 is 9.84 Å². The first-order chi connectivity index (χ1) is 10.1. The van der Waals surface area contributed by atoms with Crippen molar-refractivity contribution in [3.63, 3.8) is 0 Å². The van der Waals surface area contributed by atoms with Crippen LogP contribution in [0.3, 0.4) is 0 Å². The number of carboxylic acids is 1. The Kier molecular flexibility index (Phi) is 4.71. The highest BCUT2D eigenvalue weighted by Crippen LogP contribution is 2.13.